The summed E-state index contributed by atoms with van der Waals surface area (Å²) in [6.07, 6.45) is 2.01. The highest BCUT2D eigenvalue weighted by Crippen LogP contribution is 2.32. The zero-order valence-electron chi connectivity index (χ0n) is 21.3. The van der Waals surface area contributed by atoms with Crippen LogP contribution in [0, 0.1) is 0 Å². The number of para-hydroxylation sites is 2. The van der Waals surface area contributed by atoms with Gasteiger partial charge in [-0.15, -0.1) is 0 Å². The zero-order chi connectivity index (χ0) is 26.6. The predicted octanol–water partition coefficient (Wildman–Crippen LogP) is 5.82. The summed E-state index contributed by atoms with van der Waals surface area (Å²) in [5, 5.41) is 3.61. The van der Waals surface area contributed by atoms with Crippen LogP contribution in [0.15, 0.2) is 60.7 Å². The van der Waals surface area contributed by atoms with Crippen molar-refractivity contribution in [3.63, 3.8) is 0 Å². The van der Waals surface area contributed by atoms with Gasteiger partial charge in [0.05, 0.1) is 28.4 Å². The van der Waals surface area contributed by atoms with Gasteiger partial charge in [0, 0.05) is 56.2 Å². The smallest absolute Gasteiger partial charge is 0.256 e. The molecule has 0 aliphatic carbocycles. The van der Waals surface area contributed by atoms with Crippen LogP contribution in [-0.4, -0.2) is 63.1 Å². The molecule has 2 saturated heterocycles. The molecule has 2 aliphatic heterocycles. The summed E-state index contributed by atoms with van der Waals surface area (Å²) in [5.74, 6) is 0.532. The average molecular weight is 553 g/mol. The van der Waals surface area contributed by atoms with Crippen molar-refractivity contribution >= 4 is 52.1 Å². The van der Waals surface area contributed by atoms with Gasteiger partial charge in [0.15, 0.2) is 0 Å². The van der Waals surface area contributed by atoms with E-state index in [2.05, 4.69) is 21.2 Å². The molecule has 2 amide bonds. The Morgan fingerprint density at radius 1 is 0.789 bits per heavy atom. The van der Waals surface area contributed by atoms with Crippen molar-refractivity contribution in [1.29, 1.82) is 0 Å². The van der Waals surface area contributed by atoms with E-state index in [0.29, 0.717) is 26.9 Å². The number of methoxy groups -OCH3 is 1. The lowest BCUT2D eigenvalue weighted by molar-refractivity contribution is 0.0793. The first kappa shape index (κ1) is 26.2. The van der Waals surface area contributed by atoms with E-state index in [0.717, 1.165) is 69.2 Å². The van der Waals surface area contributed by atoms with E-state index in [-0.39, 0.29) is 11.8 Å². The van der Waals surface area contributed by atoms with Gasteiger partial charge in [-0.1, -0.05) is 35.3 Å². The van der Waals surface area contributed by atoms with Crippen molar-refractivity contribution in [2.24, 2.45) is 0 Å². The molecule has 0 aromatic heterocycles. The summed E-state index contributed by atoms with van der Waals surface area (Å²) < 4.78 is 5.55. The summed E-state index contributed by atoms with van der Waals surface area (Å²) in [7, 11) is 1.69. The first-order chi connectivity index (χ1) is 18.4. The molecule has 198 valence electrons. The molecule has 0 bridgehead atoms. The molecular weight excluding hydrogens is 523 g/mol. The minimum absolute atomic E-state index is 0.00436. The lowest BCUT2D eigenvalue weighted by atomic mass is 10.1. The Morgan fingerprint density at radius 3 is 2.16 bits per heavy atom. The highest BCUT2D eigenvalue weighted by atomic mass is 35.5. The molecule has 38 heavy (non-hydrogen) atoms. The number of benzene rings is 3. The second-order valence-electron chi connectivity index (χ2n) is 9.46. The van der Waals surface area contributed by atoms with Crippen LogP contribution >= 0.6 is 23.2 Å². The van der Waals surface area contributed by atoms with Crippen molar-refractivity contribution in [1.82, 2.24) is 4.90 Å². The number of nitrogens with zero attached hydrogens (tertiary/aromatic N) is 3. The lowest BCUT2D eigenvalue weighted by Crippen LogP contribution is -2.47. The Hall–Kier alpha value is -3.42. The molecular formula is C29H30Cl2N4O3. The maximum absolute atomic E-state index is 13.6. The fraction of sp³-hybridized carbons (Fsp3) is 0.310. The maximum Gasteiger partial charge on any atom is 0.256 e. The Balaban J connectivity index is 1.38. The summed E-state index contributed by atoms with van der Waals surface area (Å²) >= 11 is 12.1. The van der Waals surface area contributed by atoms with Crippen molar-refractivity contribution in [3.8, 4) is 5.75 Å². The number of likely N-dealkylation sites (tertiary alicyclic amines) is 1. The van der Waals surface area contributed by atoms with Crippen LogP contribution < -0.4 is 19.9 Å². The second-order valence-corrected chi connectivity index (χ2v) is 10.3. The van der Waals surface area contributed by atoms with Crippen molar-refractivity contribution < 1.29 is 14.3 Å². The lowest BCUT2D eigenvalue weighted by Gasteiger charge is -2.38. The molecule has 0 atom stereocenters. The van der Waals surface area contributed by atoms with Crippen LogP contribution in [0.4, 0.5) is 17.1 Å². The standard InChI is InChI=1S/C29H30Cl2N4O3/c1-38-27-7-3-2-6-26(27)34-16-14-33(15-17-34)25-11-9-21(19-22(25)29(37)35-12-4-5-13-35)32-28(36)20-8-10-23(30)24(31)18-20/h2-3,6-11,18-19H,4-5,12-17H2,1H3,(H,32,36). The second kappa shape index (κ2) is 11.5. The van der Waals surface area contributed by atoms with E-state index in [1.54, 1.807) is 25.3 Å². The number of hydrogen-bond acceptors (Lipinski definition) is 5. The highest BCUT2D eigenvalue weighted by molar-refractivity contribution is 6.42. The molecule has 5 rings (SSSR count). The van der Waals surface area contributed by atoms with E-state index in [1.807, 2.05) is 35.2 Å². The Bertz CT molecular complexity index is 1340. The number of carbonyl (C=O) groups excluding carboxylic acids is 2. The number of carbonyl (C=O) groups is 2. The van der Waals surface area contributed by atoms with Crippen molar-refractivity contribution in [2.75, 3.05) is 61.5 Å². The number of rotatable bonds is 6. The van der Waals surface area contributed by atoms with Gasteiger partial charge >= 0.3 is 0 Å². The molecule has 3 aromatic carbocycles. The summed E-state index contributed by atoms with van der Waals surface area (Å²) in [5.41, 5.74) is 3.51. The van der Waals surface area contributed by atoms with Crippen molar-refractivity contribution in [3.05, 3.63) is 81.8 Å². The predicted molar refractivity (Wildman–Crippen MR) is 153 cm³/mol. The molecule has 2 fully saturated rings. The van der Waals surface area contributed by atoms with Crippen LogP contribution in [0.2, 0.25) is 10.0 Å². The largest absolute Gasteiger partial charge is 0.495 e. The number of ether oxygens (including phenoxy) is 1. The van der Waals surface area contributed by atoms with Gasteiger partial charge < -0.3 is 24.8 Å². The molecule has 2 aliphatic rings. The minimum atomic E-state index is -0.318. The number of halogens is 2. The van der Waals surface area contributed by atoms with Gasteiger partial charge in [-0.05, 0) is 61.4 Å². The molecule has 0 unspecified atom stereocenters. The van der Waals surface area contributed by atoms with Crippen LogP contribution in [-0.2, 0) is 0 Å². The molecule has 0 saturated carbocycles. The van der Waals surface area contributed by atoms with Gasteiger partial charge in [0.1, 0.15) is 5.75 Å². The average Bonchev–Trinajstić information content (AvgIpc) is 3.49. The van der Waals surface area contributed by atoms with Crippen LogP contribution in [0.25, 0.3) is 0 Å². The Morgan fingerprint density at radius 2 is 1.47 bits per heavy atom. The van der Waals surface area contributed by atoms with Crippen LogP contribution in [0.1, 0.15) is 33.6 Å². The summed E-state index contributed by atoms with van der Waals surface area (Å²) in [4.78, 5) is 32.9. The topological polar surface area (TPSA) is 65.1 Å². The fourth-order valence-corrected chi connectivity index (χ4v) is 5.37. The number of anilines is 3. The molecule has 9 heteroatoms. The third-order valence-corrected chi connectivity index (χ3v) is 7.85. The Labute approximate surface area is 232 Å². The van der Waals surface area contributed by atoms with Gasteiger partial charge in [0.2, 0.25) is 0 Å². The van der Waals surface area contributed by atoms with Crippen molar-refractivity contribution in [2.45, 2.75) is 12.8 Å². The van der Waals surface area contributed by atoms with Gasteiger partial charge in [-0.3, -0.25) is 9.59 Å². The molecule has 3 aromatic rings. The number of amides is 2. The molecule has 7 nitrogen and oxygen atoms in total. The first-order valence-electron chi connectivity index (χ1n) is 12.8. The maximum atomic E-state index is 13.6. The monoisotopic (exact) mass is 552 g/mol. The molecule has 0 radical (unpaired) electrons. The fourth-order valence-electron chi connectivity index (χ4n) is 5.07. The normalized spacial score (nSPS) is 15.5. The van der Waals surface area contributed by atoms with Crippen LogP contribution in [0.5, 0.6) is 5.75 Å². The first-order valence-corrected chi connectivity index (χ1v) is 13.5. The van der Waals surface area contributed by atoms with E-state index in [1.165, 1.54) is 6.07 Å². The minimum Gasteiger partial charge on any atom is -0.495 e. The Kier molecular flexibility index (Phi) is 7.95. The van der Waals surface area contributed by atoms with E-state index >= 15 is 0 Å². The molecule has 0 spiro atoms. The highest BCUT2D eigenvalue weighted by Gasteiger charge is 2.27. The number of piperazine rings is 1. The number of nitrogens with one attached hydrogen (secondary N) is 1. The third kappa shape index (κ3) is 5.54. The zero-order valence-corrected chi connectivity index (χ0v) is 22.8. The summed E-state index contributed by atoms with van der Waals surface area (Å²) in [6, 6.07) is 18.3. The van der Waals surface area contributed by atoms with Gasteiger partial charge in [-0.2, -0.15) is 0 Å². The van der Waals surface area contributed by atoms with E-state index in [4.69, 9.17) is 27.9 Å². The molecule has 1 N–H and O–H groups in total. The summed E-state index contributed by atoms with van der Waals surface area (Å²) in [6.45, 7) is 4.61. The van der Waals surface area contributed by atoms with E-state index in [9.17, 15) is 9.59 Å². The quantitative estimate of drug-likeness (QED) is 0.417. The SMILES string of the molecule is COc1ccccc1N1CCN(c2ccc(NC(=O)c3ccc(Cl)c(Cl)c3)cc2C(=O)N2CCCC2)CC1. The van der Waals surface area contributed by atoms with E-state index < -0.39 is 0 Å². The molecule has 2 heterocycles. The van der Waals surface area contributed by atoms with Gasteiger partial charge in [-0.25, -0.2) is 0 Å². The van der Waals surface area contributed by atoms with Crippen LogP contribution in [0.3, 0.4) is 0 Å². The van der Waals surface area contributed by atoms with Gasteiger partial charge in [0.25, 0.3) is 11.8 Å². The number of hydrogen-bond donors (Lipinski definition) is 1. The third-order valence-electron chi connectivity index (χ3n) is 7.11.